The molecule has 1 heteroatoms. The molecular formula is C11H14O. The summed E-state index contributed by atoms with van der Waals surface area (Å²) in [6, 6.07) is 8.69. The highest BCUT2D eigenvalue weighted by atomic mass is 16.5. The van der Waals surface area contributed by atoms with Crippen LogP contribution in [0.25, 0.3) is 0 Å². The molecule has 0 unspecified atom stereocenters. The van der Waals surface area contributed by atoms with Crippen molar-refractivity contribution >= 4 is 0 Å². The van der Waals surface area contributed by atoms with Gasteiger partial charge in [0.2, 0.25) is 0 Å². The van der Waals surface area contributed by atoms with Crippen molar-refractivity contribution in [2.75, 3.05) is 13.2 Å². The van der Waals surface area contributed by atoms with Gasteiger partial charge >= 0.3 is 0 Å². The molecule has 0 aliphatic carbocycles. The number of ether oxygens (including phenoxy) is 1. The zero-order chi connectivity index (χ0) is 8.60. The van der Waals surface area contributed by atoms with Crippen molar-refractivity contribution in [1.82, 2.24) is 0 Å². The fraction of sp³-hybridized carbons (Fsp3) is 0.455. The molecule has 0 spiro atoms. The zero-order valence-corrected chi connectivity index (χ0v) is 7.63. The quantitative estimate of drug-likeness (QED) is 0.615. The van der Waals surface area contributed by atoms with Crippen LogP contribution in [0.3, 0.4) is 0 Å². The minimum Gasteiger partial charge on any atom is -0.379 e. The van der Waals surface area contributed by atoms with E-state index < -0.39 is 0 Å². The number of hydrogen-bond acceptors (Lipinski definition) is 1. The lowest BCUT2D eigenvalue weighted by Gasteiger charge is -2.38. The summed E-state index contributed by atoms with van der Waals surface area (Å²) in [6.45, 7) is 6.13. The van der Waals surface area contributed by atoms with Gasteiger partial charge in [0.1, 0.15) is 0 Å². The molecule has 1 aromatic carbocycles. The molecule has 1 aromatic rings. The van der Waals surface area contributed by atoms with E-state index in [2.05, 4.69) is 38.1 Å². The van der Waals surface area contributed by atoms with Crippen LogP contribution in [0.4, 0.5) is 0 Å². The molecule has 0 bridgehead atoms. The fourth-order valence-corrected chi connectivity index (χ4v) is 1.60. The molecule has 1 nitrogen and oxygen atoms in total. The molecule has 2 rings (SSSR count). The van der Waals surface area contributed by atoms with Gasteiger partial charge in [-0.2, -0.15) is 0 Å². The second-order valence-electron chi connectivity index (χ2n) is 3.92. The molecule has 12 heavy (non-hydrogen) atoms. The molecule has 1 aliphatic heterocycles. The second kappa shape index (κ2) is 2.60. The SMILES string of the molecule is Cc1cccc(C2(C)COC2)c1. The van der Waals surface area contributed by atoms with E-state index >= 15 is 0 Å². The van der Waals surface area contributed by atoms with Gasteiger partial charge in [0.25, 0.3) is 0 Å². The molecule has 1 saturated heterocycles. The topological polar surface area (TPSA) is 9.23 Å². The Balaban J connectivity index is 2.33. The summed E-state index contributed by atoms with van der Waals surface area (Å²) in [7, 11) is 0. The van der Waals surface area contributed by atoms with Crippen LogP contribution < -0.4 is 0 Å². The molecule has 1 heterocycles. The van der Waals surface area contributed by atoms with Gasteiger partial charge < -0.3 is 4.74 Å². The molecule has 0 atom stereocenters. The first-order valence-electron chi connectivity index (χ1n) is 4.36. The lowest BCUT2D eigenvalue weighted by Crippen LogP contribution is -2.43. The maximum absolute atomic E-state index is 5.23. The van der Waals surface area contributed by atoms with Crippen LogP contribution in [-0.2, 0) is 10.2 Å². The summed E-state index contributed by atoms with van der Waals surface area (Å²) in [5, 5.41) is 0. The summed E-state index contributed by atoms with van der Waals surface area (Å²) in [4.78, 5) is 0. The van der Waals surface area contributed by atoms with Crippen molar-refractivity contribution in [2.24, 2.45) is 0 Å². The van der Waals surface area contributed by atoms with Crippen molar-refractivity contribution in [3.8, 4) is 0 Å². The highest BCUT2D eigenvalue weighted by molar-refractivity contribution is 5.30. The van der Waals surface area contributed by atoms with Crippen molar-refractivity contribution in [3.05, 3.63) is 35.4 Å². The van der Waals surface area contributed by atoms with Crippen LogP contribution in [0, 0.1) is 6.92 Å². The molecule has 1 aliphatic rings. The lowest BCUT2D eigenvalue weighted by atomic mass is 9.80. The summed E-state index contributed by atoms with van der Waals surface area (Å²) in [5.74, 6) is 0. The normalized spacial score (nSPS) is 20.2. The van der Waals surface area contributed by atoms with Gasteiger partial charge in [-0.25, -0.2) is 0 Å². The lowest BCUT2D eigenvalue weighted by molar-refractivity contribution is -0.0500. The first-order chi connectivity index (χ1) is 5.71. The molecular weight excluding hydrogens is 148 g/mol. The van der Waals surface area contributed by atoms with Crippen LogP contribution in [0.2, 0.25) is 0 Å². The minimum absolute atomic E-state index is 0.284. The Morgan fingerprint density at radius 3 is 2.58 bits per heavy atom. The summed E-state index contributed by atoms with van der Waals surface area (Å²) < 4.78 is 5.23. The van der Waals surface area contributed by atoms with Gasteiger partial charge in [0, 0.05) is 5.41 Å². The van der Waals surface area contributed by atoms with Crippen molar-refractivity contribution < 1.29 is 4.74 Å². The number of benzene rings is 1. The Labute approximate surface area is 73.4 Å². The summed E-state index contributed by atoms with van der Waals surface area (Å²) >= 11 is 0. The van der Waals surface area contributed by atoms with Gasteiger partial charge in [-0.05, 0) is 12.5 Å². The van der Waals surface area contributed by atoms with E-state index in [-0.39, 0.29) is 5.41 Å². The fourth-order valence-electron chi connectivity index (χ4n) is 1.60. The largest absolute Gasteiger partial charge is 0.379 e. The third-order valence-corrected chi connectivity index (χ3v) is 2.56. The first kappa shape index (κ1) is 7.81. The minimum atomic E-state index is 0.284. The molecule has 1 fully saturated rings. The number of hydrogen-bond donors (Lipinski definition) is 0. The van der Waals surface area contributed by atoms with Gasteiger partial charge in [0.05, 0.1) is 13.2 Å². The Hall–Kier alpha value is -0.820. The predicted molar refractivity (Wildman–Crippen MR) is 49.4 cm³/mol. The van der Waals surface area contributed by atoms with Crippen LogP contribution >= 0.6 is 0 Å². The molecule has 0 amide bonds. The Kier molecular flexibility index (Phi) is 1.69. The van der Waals surface area contributed by atoms with Crippen molar-refractivity contribution in [2.45, 2.75) is 19.3 Å². The van der Waals surface area contributed by atoms with Gasteiger partial charge in [-0.15, -0.1) is 0 Å². The maximum Gasteiger partial charge on any atom is 0.0582 e. The number of aryl methyl sites for hydroxylation is 1. The average Bonchev–Trinajstić information content (AvgIpc) is 2.00. The summed E-state index contributed by atoms with van der Waals surface area (Å²) in [6.07, 6.45) is 0. The third-order valence-electron chi connectivity index (χ3n) is 2.56. The number of rotatable bonds is 1. The Morgan fingerprint density at radius 2 is 2.08 bits per heavy atom. The van der Waals surface area contributed by atoms with Gasteiger partial charge in [0.15, 0.2) is 0 Å². The van der Waals surface area contributed by atoms with Gasteiger partial charge in [-0.3, -0.25) is 0 Å². The predicted octanol–water partition coefficient (Wildman–Crippen LogP) is 2.28. The van der Waals surface area contributed by atoms with E-state index in [0.717, 1.165) is 13.2 Å². The second-order valence-corrected chi connectivity index (χ2v) is 3.92. The van der Waals surface area contributed by atoms with Gasteiger partial charge in [-0.1, -0.05) is 36.8 Å². The van der Waals surface area contributed by atoms with E-state index in [1.165, 1.54) is 11.1 Å². The highest BCUT2D eigenvalue weighted by Gasteiger charge is 2.34. The van der Waals surface area contributed by atoms with E-state index in [4.69, 9.17) is 4.74 Å². The Bertz CT molecular complexity index is 287. The van der Waals surface area contributed by atoms with Crippen molar-refractivity contribution in [1.29, 1.82) is 0 Å². The van der Waals surface area contributed by atoms with E-state index in [1.54, 1.807) is 0 Å². The maximum atomic E-state index is 5.23. The molecule has 0 radical (unpaired) electrons. The average molecular weight is 162 g/mol. The Morgan fingerprint density at radius 1 is 1.33 bits per heavy atom. The first-order valence-corrected chi connectivity index (χ1v) is 4.36. The van der Waals surface area contributed by atoms with Crippen LogP contribution in [0.1, 0.15) is 18.1 Å². The van der Waals surface area contributed by atoms with E-state index in [0.29, 0.717) is 0 Å². The molecule has 0 N–H and O–H groups in total. The van der Waals surface area contributed by atoms with E-state index in [9.17, 15) is 0 Å². The third kappa shape index (κ3) is 1.14. The zero-order valence-electron chi connectivity index (χ0n) is 7.63. The molecule has 0 saturated carbocycles. The van der Waals surface area contributed by atoms with Crippen LogP contribution in [0.5, 0.6) is 0 Å². The smallest absolute Gasteiger partial charge is 0.0582 e. The standard InChI is InChI=1S/C11H14O/c1-9-4-3-5-10(6-9)11(2)7-12-8-11/h3-6H,7-8H2,1-2H3. The van der Waals surface area contributed by atoms with Crippen LogP contribution in [-0.4, -0.2) is 13.2 Å². The van der Waals surface area contributed by atoms with E-state index in [1.807, 2.05) is 0 Å². The highest BCUT2D eigenvalue weighted by Crippen LogP contribution is 2.31. The summed E-state index contributed by atoms with van der Waals surface area (Å²) in [5.41, 5.74) is 3.03. The van der Waals surface area contributed by atoms with Crippen LogP contribution in [0.15, 0.2) is 24.3 Å². The monoisotopic (exact) mass is 162 g/mol. The van der Waals surface area contributed by atoms with Crippen molar-refractivity contribution in [3.63, 3.8) is 0 Å². The molecule has 0 aromatic heterocycles. The molecule has 64 valence electrons.